The highest BCUT2D eigenvalue weighted by molar-refractivity contribution is 6.09. The molecule has 0 radical (unpaired) electrons. The fourth-order valence-corrected chi connectivity index (χ4v) is 10.1. The predicted molar refractivity (Wildman–Crippen MR) is 267 cm³/mol. The van der Waals surface area contributed by atoms with Gasteiger partial charge in [0.2, 0.25) is 0 Å². The highest BCUT2D eigenvalue weighted by Gasteiger charge is 2.36. The normalized spacial score (nSPS) is 12.8. The smallest absolute Gasteiger partial charge is 0.159 e. The molecule has 0 spiro atoms. The SMILES string of the molecule is CC1(C)c2ccccc2-c2cc(N(c3ccc(-c4ccc(-c5ccccc5)cc4)cc3)c3ccc4cccc5c4c3Oc3ccc(N(c4ccccc4)c4ccccc4)cc3-5)ccc21. The standard InChI is InChI=1S/C61H44N2O/c1-61(2)55-24-13-12-22-51(55)53-39-50(34-36-56(53)61)63(48-32-29-44(30-33-48)43-27-25-42(26-28-43)41-15-6-3-7-16-41)57-37-31-45-17-14-23-52-54-40-49(35-38-58(54)64-60(57)59(45)52)62(46-18-8-4-9-19-46)47-20-10-5-11-21-47/h3-40H,1-2H3. The Balaban J connectivity index is 1.01. The number of anilines is 6. The second kappa shape index (κ2) is 15.0. The number of hydrogen-bond donors (Lipinski definition) is 0. The summed E-state index contributed by atoms with van der Waals surface area (Å²) in [6, 6.07) is 83.1. The van der Waals surface area contributed by atoms with Gasteiger partial charge < -0.3 is 14.5 Å². The Hall–Kier alpha value is -8.14. The quantitative estimate of drug-likeness (QED) is 0.152. The summed E-state index contributed by atoms with van der Waals surface area (Å²) in [4.78, 5) is 4.69. The van der Waals surface area contributed by atoms with Crippen LogP contribution >= 0.6 is 0 Å². The third kappa shape index (κ3) is 6.20. The Labute approximate surface area is 374 Å². The lowest BCUT2D eigenvalue weighted by Crippen LogP contribution is -2.16. The summed E-state index contributed by atoms with van der Waals surface area (Å²) in [5.41, 5.74) is 18.5. The molecule has 2 aliphatic rings. The molecule has 0 aromatic heterocycles. The van der Waals surface area contributed by atoms with Crippen LogP contribution in [-0.4, -0.2) is 0 Å². The van der Waals surface area contributed by atoms with Crippen molar-refractivity contribution in [2.24, 2.45) is 0 Å². The highest BCUT2D eigenvalue weighted by Crippen LogP contribution is 2.56. The summed E-state index contributed by atoms with van der Waals surface area (Å²) in [6.45, 7) is 4.68. The molecular weight excluding hydrogens is 777 g/mol. The van der Waals surface area contributed by atoms with Gasteiger partial charge in [0.15, 0.2) is 5.75 Å². The molecule has 1 aliphatic heterocycles. The highest BCUT2D eigenvalue weighted by atomic mass is 16.5. The number of benzene rings is 10. The topological polar surface area (TPSA) is 15.7 Å². The van der Waals surface area contributed by atoms with Crippen molar-refractivity contribution in [1.82, 2.24) is 0 Å². The maximum atomic E-state index is 7.21. The second-order valence-electron chi connectivity index (χ2n) is 17.3. The average Bonchev–Trinajstić information content (AvgIpc) is 3.59. The number of ether oxygens (including phenoxy) is 1. The molecule has 0 amide bonds. The molecule has 0 fully saturated rings. The van der Waals surface area contributed by atoms with Crippen LogP contribution in [0.3, 0.4) is 0 Å². The lowest BCUT2D eigenvalue weighted by molar-refractivity contribution is 0.488. The van der Waals surface area contributed by atoms with Crippen LogP contribution in [0.2, 0.25) is 0 Å². The van der Waals surface area contributed by atoms with Gasteiger partial charge >= 0.3 is 0 Å². The maximum absolute atomic E-state index is 7.21. The van der Waals surface area contributed by atoms with Crippen molar-refractivity contribution in [3.05, 3.63) is 242 Å². The van der Waals surface area contributed by atoms with Crippen LogP contribution < -0.4 is 14.5 Å². The van der Waals surface area contributed by atoms with Gasteiger partial charge in [-0.2, -0.15) is 0 Å². The minimum absolute atomic E-state index is 0.0981. The number of para-hydroxylation sites is 2. The maximum Gasteiger partial charge on any atom is 0.159 e. The van der Waals surface area contributed by atoms with Gasteiger partial charge in [0.1, 0.15) is 5.75 Å². The number of fused-ring (bicyclic) bond motifs is 5. The summed E-state index contributed by atoms with van der Waals surface area (Å²) in [7, 11) is 0. The molecule has 0 N–H and O–H groups in total. The van der Waals surface area contributed by atoms with Gasteiger partial charge in [0.25, 0.3) is 0 Å². The summed E-state index contributed by atoms with van der Waals surface area (Å²) in [5, 5.41) is 2.23. The first-order valence-electron chi connectivity index (χ1n) is 22.1. The van der Waals surface area contributed by atoms with Gasteiger partial charge in [-0.05, 0) is 128 Å². The Kier molecular flexibility index (Phi) is 8.84. The van der Waals surface area contributed by atoms with E-state index in [9.17, 15) is 0 Å². The van der Waals surface area contributed by atoms with Crippen molar-refractivity contribution < 1.29 is 4.74 Å². The molecule has 1 heterocycles. The third-order valence-corrected chi connectivity index (χ3v) is 13.2. The van der Waals surface area contributed by atoms with Crippen molar-refractivity contribution in [1.29, 1.82) is 0 Å². The lowest BCUT2D eigenvalue weighted by Gasteiger charge is -2.32. The van der Waals surface area contributed by atoms with Gasteiger partial charge in [-0.25, -0.2) is 0 Å². The summed E-state index contributed by atoms with van der Waals surface area (Å²) >= 11 is 0. The molecule has 3 heteroatoms. The summed E-state index contributed by atoms with van der Waals surface area (Å²) in [6.07, 6.45) is 0. The molecular formula is C61H44N2O. The average molecular weight is 821 g/mol. The molecule has 3 nitrogen and oxygen atoms in total. The monoisotopic (exact) mass is 820 g/mol. The van der Waals surface area contributed by atoms with Gasteiger partial charge in [0.05, 0.1) is 5.69 Å². The molecule has 0 bridgehead atoms. The molecule has 12 rings (SSSR count). The molecule has 64 heavy (non-hydrogen) atoms. The van der Waals surface area contributed by atoms with Crippen LogP contribution in [0.4, 0.5) is 34.1 Å². The van der Waals surface area contributed by atoms with Crippen molar-refractivity contribution in [2.75, 3.05) is 9.80 Å². The lowest BCUT2D eigenvalue weighted by atomic mass is 9.82. The van der Waals surface area contributed by atoms with E-state index in [4.69, 9.17) is 4.74 Å². The first-order chi connectivity index (χ1) is 31.5. The zero-order chi connectivity index (χ0) is 42.8. The number of hydrogen-bond acceptors (Lipinski definition) is 3. The summed E-state index contributed by atoms with van der Waals surface area (Å²) < 4.78 is 7.21. The van der Waals surface area contributed by atoms with Crippen LogP contribution in [-0.2, 0) is 5.41 Å². The van der Waals surface area contributed by atoms with E-state index in [0.717, 1.165) is 73.1 Å². The Morgan fingerprint density at radius 2 is 0.844 bits per heavy atom. The van der Waals surface area contributed by atoms with Crippen molar-refractivity contribution >= 4 is 44.9 Å². The largest absolute Gasteiger partial charge is 0.454 e. The van der Waals surface area contributed by atoms with E-state index < -0.39 is 0 Å². The van der Waals surface area contributed by atoms with Gasteiger partial charge in [-0.1, -0.05) is 172 Å². The fourth-order valence-electron chi connectivity index (χ4n) is 10.1. The molecule has 0 atom stereocenters. The Morgan fingerprint density at radius 1 is 0.344 bits per heavy atom. The van der Waals surface area contributed by atoms with Gasteiger partial charge in [-0.15, -0.1) is 0 Å². The van der Waals surface area contributed by atoms with E-state index >= 15 is 0 Å². The van der Waals surface area contributed by atoms with E-state index in [-0.39, 0.29) is 5.41 Å². The van der Waals surface area contributed by atoms with Crippen molar-refractivity contribution in [3.63, 3.8) is 0 Å². The summed E-state index contributed by atoms with van der Waals surface area (Å²) in [5.74, 6) is 1.68. The van der Waals surface area contributed by atoms with Crippen molar-refractivity contribution in [2.45, 2.75) is 19.3 Å². The van der Waals surface area contributed by atoms with E-state index in [0.29, 0.717) is 0 Å². The van der Waals surface area contributed by atoms with Crippen LogP contribution in [0.25, 0.3) is 55.3 Å². The zero-order valence-electron chi connectivity index (χ0n) is 35.7. The zero-order valence-corrected chi connectivity index (χ0v) is 35.7. The first-order valence-corrected chi connectivity index (χ1v) is 22.1. The minimum atomic E-state index is -0.0981. The Bertz CT molecular complexity index is 3320. The van der Waals surface area contributed by atoms with Crippen molar-refractivity contribution in [3.8, 4) is 56.0 Å². The molecule has 0 unspecified atom stereocenters. The van der Waals surface area contributed by atoms with E-state index in [1.165, 1.54) is 38.9 Å². The number of rotatable bonds is 8. The molecule has 10 aromatic carbocycles. The van der Waals surface area contributed by atoms with Gasteiger partial charge in [-0.3, -0.25) is 0 Å². The third-order valence-electron chi connectivity index (χ3n) is 13.2. The molecule has 304 valence electrons. The van der Waals surface area contributed by atoms with Crippen LogP contribution in [0.15, 0.2) is 231 Å². The van der Waals surface area contributed by atoms with Gasteiger partial charge in [0, 0.05) is 44.8 Å². The Morgan fingerprint density at radius 3 is 1.53 bits per heavy atom. The van der Waals surface area contributed by atoms with E-state index in [1.807, 2.05) is 0 Å². The predicted octanol–water partition coefficient (Wildman–Crippen LogP) is 17.2. The molecule has 1 aliphatic carbocycles. The molecule has 0 saturated carbocycles. The van der Waals surface area contributed by atoms with E-state index in [2.05, 4.69) is 254 Å². The first kappa shape index (κ1) is 37.6. The van der Waals surface area contributed by atoms with Crippen LogP contribution in [0.5, 0.6) is 11.5 Å². The molecule has 0 saturated heterocycles. The minimum Gasteiger partial charge on any atom is -0.454 e. The van der Waals surface area contributed by atoms with E-state index in [1.54, 1.807) is 0 Å². The second-order valence-corrected chi connectivity index (χ2v) is 17.3. The number of nitrogens with zero attached hydrogens (tertiary/aromatic N) is 2. The molecule has 10 aromatic rings. The van der Waals surface area contributed by atoms with Crippen LogP contribution in [0.1, 0.15) is 25.0 Å². The fraction of sp³-hybridized carbons (Fsp3) is 0.0492. The van der Waals surface area contributed by atoms with Crippen LogP contribution in [0, 0.1) is 0 Å².